The van der Waals surface area contributed by atoms with E-state index < -0.39 is 0 Å². The molecule has 3 aromatic carbocycles. The van der Waals surface area contributed by atoms with Crippen LogP contribution in [-0.2, 0) is 28.6 Å². The molecule has 0 saturated heterocycles. The first-order valence-corrected chi connectivity index (χ1v) is 14.8. The van der Waals surface area contributed by atoms with Crippen molar-refractivity contribution < 1.29 is 19.4 Å². The molecule has 0 saturated carbocycles. The number of nitrogens with one attached hydrogen (secondary N) is 2. The molecular weight excluding hydrogens is 572 g/mol. The van der Waals surface area contributed by atoms with Gasteiger partial charge in [-0.15, -0.1) is 0 Å². The molecule has 2 radical (unpaired) electrons. The highest BCUT2D eigenvalue weighted by molar-refractivity contribution is 9.10. The van der Waals surface area contributed by atoms with Gasteiger partial charge in [-0.3, -0.25) is 4.79 Å². The van der Waals surface area contributed by atoms with Gasteiger partial charge in [0.2, 0.25) is 15.7 Å². The Kier molecular flexibility index (Phi) is 10.8. The lowest BCUT2D eigenvalue weighted by atomic mass is 9.93. The van der Waals surface area contributed by atoms with Gasteiger partial charge in [0.1, 0.15) is 11.5 Å². The van der Waals surface area contributed by atoms with Crippen molar-refractivity contribution in [3.8, 4) is 11.5 Å². The summed E-state index contributed by atoms with van der Waals surface area (Å²) in [5, 5.41) is 26.7. The summed E-state index contributed by atoms with van der Waals surface area (Å²) in [4.78, 5) is 12.6. The van der Waals surface area contributed by atoms with Gasteiger partial charge in [0.15, 0.2) is 0 Å². The monoisotopic (exact) mass is 610 g/mol. The van der Waals surface area contributed by atoms with Crippen LogP contribution in [0.3, 0.4) is 0 Å². The SMILES string of the molecule is CC(C)(Cc1cccc(CC(=O)NCc2ccc(Br)cc2)c1)NC[C@H](O[Si]C(C)(C)C)c1cc(O)cc(O)c1. The molecule has 8 heteroatoms. The molecule has 0 unspecified atom stereocenters. The Morgan fingerprint density at radius 2 is 1.56 bits per heavy atom. The number of carbonyl (C=O) groups is 1. The summed E-state index contributed by atoms with van der Waals surface area (Å²) in [6.07, 6.45) is 0.740. The van der Waals surface area contributed by atoms with Crippen molar-refractivity contribution in [3.05, 3.63) is 93.5 Å². The van der Waals surface area contributed by atoms with Crippen molar-refractivity contribution >= 4 is 31.6 Å². The number of rotatable bonds is 12. The van der Waals surface area contributed by atoms with Crippen molar-refractivity contribution in [2.24, 2.45) is 0 Å². The van der Waals surface area contributed by atoms with E-state index in [2.05, 4.69) is 73.3 Å². The van der Waals surface area contributed by atoms with Gasteiger partial charge < -0.3 is 25.3 Å². The van der Waals surface area contributed by atoms with Crippen LogP contribution in [-0.4, -0.2) is 38.0 Å². The zero-order valence-corrected chi connectivity index (χ0v) is 25.9. The first-order valence-electron chi connectivity index (χ1n) is 13.1. The van der Waals surface area contributed by atoms with Crippen LogP contribution in [0.5, 0.6) is 11.5 Å². The van der Waals surface area contributed by atoms with E-state index >= 15 is 0 Å². The summed E-state index contributed by atoms with van der Waals surface area (Å²) in [6.45, 7) is 11.6. The van der Waals surface area contributed by atoms with Crippen LogP contribution in [0, 0.1) is 0 Å². The van der Waals surface area contributed by atoms with E-state index in [-0.39, 0.29) is 43.9 Å². The number of hydrogen-bond donors (Lipinski definition) is 4. The number of benzene rings is 3. The average molecular weight is 612 g/mol. The van der Waals surface area contributed by atoms with E-state index in [1.807, 2.05) is 36.4 Å². The Bertz CT molecular complexity index is 1220. The van der Waals surface area contributed by atoms with Gasteiger partial charge in [-0.25, -0.2) is 0 Å². The Morgan fingerprint density at radius 3 is 2.21 bits per heavy atom. The molecule has 0 heterocycles. The molecule has 0 bridgehead atoms. The van der Waals surface area contributed by atoms with E-state index in [4.69, 9.17) is 4.43 Å². The van der Waals surface area contributed by atoms with Crippen LogP contribution >= 0.6 is 15.9 Å². The standard InChI is InChI=1S/C31H39BrN2O4Si/c1-30(2,3)39-38-28(24-15-26(35)17-27(36)16-24)20-34-31(4,5)18-23-8-6-7-22(13-23)14-29(37)33-19-21-9-11-25(32)12-10-21/h6-13,15-17,28,34-36H,14,18-20H2,1-5H3,(H,33,37)/t28-/m0/s1. The summed E-state index contributed by atoms with van der Waals surface area (Å²) in [5.41, 5.74) is 3.62. The number of halogens is 1. The third kappa shape index (κ3) is 11.2. The number of phenolic OH excluding ortho intramolecular Hbond substituents is 2. The van der Waals surface area contributed by atoms with Gasteiger partial charge in [-0.1, -0.05) is 73.1 Å². The second-order valence-electron chi connectivity index (χ2n) is 11.6. The maximum Gasteiger partial charge on any atom is 0.236 e. The molecule has 6 nitrogen and oxygen atoms in total. The second-order valence-corrected chi connectivity index (χ2v) is 14.4. The highest BCUT2D eigenvalue weighted by Gasteiger charge is 2.24. The van der Waals surface area contributed by atoms with Gasteiger partial charge in [0.05, 0.1) is 12.5 Å². The van der Waals surface area contributed by atoms with Gasteiger partial charge in [-0.2, -0.15) is 0 Å². The third-order valence-electron chi connectivity index (χ3n) is 5.98. The van der Waals surface area contributed by atoms with Crippen LogP contribution in [0.25, 0.3) is 0 Å². The fourth-order valence-electron chi connectivity index (χ4n) is 4.12. The molecule has 4 N–H and O–H groups in total. The summed E-state index contributed by atoms with van der Waals surface area (Å²) >= 11 is 3.43. The number of hydrogen-bond acceptors (Lipinski definition) is 5. The van der Waals surface area contributed by atoms with E-state index in [9.17, 15) is 15.0 Å². The summed E-state index contributed by atoms with van der Waals surface area (Å²) in [6, 6.07) is 20.6. The highest BCUT2D eigenvalue weighted by atomic mass is 79.9. The summed E-state index contributed by atoms with van der Waals surface area (Å²) in [7, 11) is 0.250. The van der Waals surface area contributed by atoms with Gasteiger partial charge >= 0.3 is 0 Å². The molecule has 0 spiro atoms. The smallest absolute Gasteiger partial charge is 0.236 e. The lowest BCUT2D eigenvalue weighted by Crippen LogP contribution is -2.44. The Balaban J connectivity index is 1.60. The number of aromatic hydroxyl groups is 2. The molecule has 0 aliphatic heterocycles. The number of phenols is 2. The molecule has 1 amide bonds. The Labute approximate surface area is 243 Å². The highest BCUT2D eigenvalue weighted by Crippen LogP contribution is 2.30. The molecule has 0 aliphatic carbocycles. The van der Waals surface area contributed by atoms with Crippen molar-refractivity contribution in [2.45, 2.75) is 70.7 Å². The Hall–Kier alpha value is -2.65. The fraction of sp³-hybridized carbons (Fsp3) is 0.387. The lowest BCUT2D eigenvalue weighted by molar-refractivity contribution is -0.120. The van der Waals surface area contributed by atoms with E-state index in [0.717, 1.165) is 33.1 Å². The van der Waals surface area contributed by atoms with Crippen LogP contribution in [0.1, 0.15) is 63.0 Å². The van der Waals surface area contributed by atoms with Crippen LogP contribution in [0.15, 0.2) is 71.2 Å². The Morgan fingerprint density at radius 1 is 0.923 bits per heavy atom. The fourth-order valence-corrected chi connectivity index (χ4v) is 5.10. The maximum absolute atomic E-state index is 12.6. The van der Waals surface area contributed by atoms with Crippen LogP contribution in [0.2, 0.25) is 5.04 Å². The minimum absolute atomic E-state index is 0.00237. The third-order valence-corrected chi connectivity index (χ3v) is 7.52. The van der Waals surface area contributed by atoms with E-state index in [0.29, 0.717) is 19.5 Å². The topological polar surface area (TPSA) is 90.8 Å². The van der Waals surface area contributed by atoms with Crippen LogP contribution in [0.4, 0.5) is 0 Å². The molecule has 3 rings (SSSR count). The first kappa shape index (κ1) is 30.9. The molecule has 0 aliphatic rings. The molecule has 0 aromatic heterocycles. The predicted octanol–water partition coefficient (Wildman–Crippen LogP) is 6.23. The van der Waals surface area contributed by atoms with Crippen molar-refractivity contribution in [1.29, 1.82) is 0 Å². The second kappa shape index (κ2) is 13.6. The lowest BCUT2D eigenvalue weighted by Gasteiger charge is -2.31. The molecular formula is C31H39BrN2O4Si. The molecule has 1 atom stereocenters. The first-order chi connectivity index (χ1) is 18.3. The molecule has 0 fully saturated rings. The predicted molar refractivity (Wildman–Crippen MR) is 161 cm³/mol. The summed E-state index contributed by atoms with van der Waals surface area (Å²) in [5.74, 6) is 0.00535. The van der Waals surface area contributed by atoms with Gasteiger partial charge in [-0.05, 0) is 71.8 Å². The van der Waals surface area contributed by atoms with E-state index in [1.54, 1.807) is 12.1 Å². The van der Waals surface area contributed by atoms with Gasteiger partial charge in [0, 0.05) is 29.2 Å². The van der Waals surface area contributed by atoms with E-state index in [1.165, 1.54) is 6.07 Å². The minimum atomic E-state index is -0.333. The average Bonchev–Trinajstić information content (AvgIpc) is 2.82. The zero-order chi connectivity index (χ0) is 28.6. The molecule has 3 aromatic rings. The minimum Gasteiger partial charge on any atom is -0.508 e. The van der Waals surface area contributed by atoms with Crippen molar-refractivity contribution in [2.75, 3.05) is 6.54 Å². The number of amides is 1. The normalized spacial score (nSPS) is 12.8. The van der Waals surface area contributed by atoms with Crippen LogP contribution < -0.4 is 10.6 Å². The zero-order valence-electron chi connectivity index (χ0n) is 23.3. The summed E-state index contributed by atoms with van der Waals surface area (Å²) < 4.78 is 7.28. The van der Waals surface area contributed by atoms with Crippen molar-refractivity contribution in [3.63, 3.8) is 0 Å². The molecule has 208 valence electrons. The maximum atomic E-state index is 12.6. The van der Waals surface area contributed by atoms with Crippen molar-refractivity contribution in [1.82, 2.24) is 10.6 Å². The quantitative estimate of drug-likeness (QED) is 0.183. The molecule has 39 heavy (non-hydrogen) atoms. The largest absolute Gasteiger partial charge is 0.508 e. The number of carbonyl (C=O) groups excluding carboxylic acids is 1. The van der Waals surface area contributed by atoms with Gasteiger partial charge in [0.25, 0.3) is 0 Å².